The van der Waals surface area contributed by atoms with E-state index in [0.717, 1.165) is 5.56 Å². The molecule has 25 heavy (non-hydrogen) atoms. The van der Waals surface area contributed by atoms with Crippen LogP contribution in [-0.4, -0.2) is 23.9 Å². The van der Waals surface area contributed by atoms with Crippen LogP contribution in [0.4, 0.5) is 16.2 Å². The molecule has 0 radical (unpaired) electrons. The lowest BCUT2D eigenvalue weighted by molar-refractivity contribution is -0.120. The van der Waals surface area contributed by atoms with Crippen LogP contribution in [0.15, 0.2) is 48.5 Å². The topological polar surface area (TPSA) is 113 Å². The minimum Gasteiger partial charge on any atom is -0.374 e. The average molecular weight is 340 g/mol. The smallest absolute Gasteiger partial charge is 0.318 e. The molecular formula is C18H20N4O3. The number of amides is 4. The molecule has 0 aliphatic carbocycles. The van der Waals surface area contributed by atoms with Gasteiger partial charge in [-0.3, -0.25) is 14.9 Å². The molecule has 0 aliphatic rings. The summed E-state index contributed by atoms with van der Waals surface area (Å²) in [5.41, 5.74) is 7.55. The van der Waals surface area contributed by atoms with E-state index >= 15 is 0 Å². The molecule has 7 heteroatoms. The molecule has 5 N–H and O–H groups in total. The highest BCUT2D eigenvalue weighted by atomic mass is 16.2. The Kier molecular flexibility index (Phi) is 5.73. The molecule has 2 aromatic carbocycles. The number of rotatable bonds is 5. The number of primary amides is 1. The minimum absolute atomic E-state index is 0.222. The fraction of sp³-hybridized carbons (Fsp3) is 0.167. The molecule has 0 saturated heterocycles. The molecule has 1 atom stereocenters. The molecular weight excluding hydrogens is 320 g/mol. The van der Waals surface area contributed by atoms with E-state index in [1.807, 2.05) is 18.3 Å². The maximum Gasteiger partial charge on any atom is 0.318 e. The van der Waals surface area contributed by atoms with Crippen LogP contribution in [0.5, 0.6) is 0 Å². The lowest BCUT2D eigenvalue weighted by atomic mass is 10.1. The van der Waals surface area contributed by atoms with Gasteiger partial charge in [0.25, 0.3) is 5.91 Å². The first kappa shape index (κ1) is 18.0. The van der Waals surface area contributed by atoms with E-state index in [1.165, 1.54) is 0 Å². The molecule has 0 aliphatic heterocycles. The van der Waals surface area contributed by atoms with Crippen molar-refractivity contribution < 1.29 is 14.4 Å². The zero-order valence-electron chi connectivity index (χ0n) is 14.0. The lowest BCUT2D eigenvalue weighted by Gasteiger charge is -2.18. The standard InChI is InChI=1S/C18H20N4O3/c1-11-14(20-12(2)16(23)22-18(19)25)9-6-10-15(11)21-17(24)13-7-4-3-5-8-13/h3-10,12,20H,1-2H3,(H,21,24)(H3,19,22,23,25)/t12-/m1/s1. The van der Waals surface area contributed by atoms with E-state index in [0.29, 0.717) is 16.9 Å². The van der Waals surface area contributed by atoms with Gasteiger partial charge in [-0.05, 0) is 43.7 Å². The van der Waals surface area contributed by atoms with Gasteiger partial charge < -0.3 is 16.4 Å². The molecule has 2 aromatic rings. The zero-order valence-corrected chi connectivity index (χ0v) is 14.0. The summed E-state index contributed by atoms with van der Waals surface area (Å²) in [7, 11) is 0. The van der Waals surface area contributed by atoms with Crippen molar-refractivity contribution in [1.29, 1.82) is 0 Å². The van der Waals surface area contributed by atoms with Gasteiger partial charge in [-0.1, -0.05) is 24.3 Å². The summed E-state index contributed by atoms with van der Waals surface area (Å²) in [6.45, 7) is 3.43. The molecule has 130 valence electrons. The Hall–Kier alpha value is -3.35. The number of carbonyl (C=O) groups excluding carboxylic acids is 3. The Bertz CT molecular complexity index is 790. The molecule has 0 heterocycles. The highest BCUT2D eigenvalue weighted by molar-refractivity contribution is 6.05. The summed E-state index contributed by atoms with van der Waals surface area (Å²) in [6, 6.07) is 12.6. The SMILES string of the molecule is Cc1c(NC(=O)c2ccccc2)cccc1N[C@H](C)C(=O)NC(N)=O. The molecule has 7 nitrogen and oxygen atoms in total. The van der Waals surface area contributed by atoms with E-state index in [9.17, 15) is 14.4 Å². The van der Waals surface area contributed by atoms with Crippen molar-refractivity contribution in [2.75, 3.05) is 10.6 Å². The largest absolute Gasteiger partial charge is 0.374 e. The molecule has 4 amide bonds. The lowest BCUT2D eigenvalue weighted by Crippen LogP contribution is -2.43. The van der Waals surface area contributed by atoms with Crippen molar-refractivity contribution in [2.45, 2.75) is 19.9 Å². The van der Waals surface area contributed by atoms with Gasteiger partial charge in [-0.25, -0.2) is 4.79 Å². The van der Waals surface area contributed by atoms with E-state index in [2.05, 4.69) is 10.6 Å². The predicted octanol–water partition coefficient (Wildman–Crippen LogP) is 2.24. The van der Waals surface area contributed by atoms with E-state index in [4.69, 9.17) is 5.73 Å². The molecule has 0 fully saturated rings. The van der Waals surface area contributed by atoms with Crippen LogP contribution in [0.1, 0.15) is 22.8 Å². The maximum absolute atomic E-state index is 12.3. The molecule has 0 aromatic heterocycles. The normalized spacial score (nSPS) is 11.3. The number of imide groups is 1. The van der Waals surface area contributed by atoms with E-state index < -0.39 is 18.0 Å². The van der Waals surface area contributed by atoms with Gasteiger partial charge in [0.2, 0.25) is 5.91 Å². The van der Waals surface area contributed by atoms with Gasteiger partial charge in [-0.15, -0.1) is 0 Å². The maximum atomic E-state index is 12.3. The number of anilines is 2. The minimum atomic E-state index is -0.903. The Morgan fingerprint density at radius 1 is 0.960 bits per heavy atom. The summed E-state index contributed by atoms with van der Waals surface area (Å²) in [4.78, 5) is 34.8. The fourth-order valence-electron chi connectivity index (χ4n) is 2.24. The summed E-state index contributed by atoms with van der Waals surface area (Å²) in [5.74, 6) is -0.758. The second-order valence-corrected chi connectivity index (χ2v) is 5.52. The molecule has 0 spiro atoms. The Morgan fingerprint density at radius 3 is 2.24 bits per heavy atom. The van der Waals surface area contributed by atoms with Crippen LogP contribution in [0.3, 0.4) is 0 Å². The summed E-state index contributed by atoms with van der Waals surface area (Å²) in [6.07, 6.45) is 0. The first-order chi connectivity index (χ1) is 11.9. The van der Waals surface area contributed by atoms with Crippen LogP contribution in [-0.2, 0) is 4.79 Å². The second-order valence-electron chi connectivity index (χ2n) is 5.52. The summed E-state index contributed by atoms with van der Waals surface area (Å²) in [5, 5.41) is 7.86. The van der Waals surface area contributed by atoms with Crippen LogP contribution in [0, 0.1) is 6.92 Å². The van der Waals surface area contributed by atoms with Gasteiger partial charge in [0.1, 0.15) is 6.04 Å². The first-order valence-electron chi connectivity index (χ1n) is 7.71. The monoisotopic (exact) mass is 340 g/mol. The number of carbonyl (C=O) groups is 3. The third-order valence-corrected chi connectivity index (χ3v) is 3.63. The van der Waals surface area contributed by atoms with Crippen molar-refractivity contribution in [1.82, 2.24) is 5.32 Å². The fourth-order valence-corrected chi connectivity index (χ4v) is 2.24. The summed E-state index contributed by atoms with van der Waals surface area (Å²) < 4.78 is 0. The summed E-state index contributed by atoms with van der Waals surface area (Å²) >= 11 is 0. The van der Waals surface area contributed by atoms with E-state index in [1.54, 1.807) is 49.4 Å². The van der Waals surface area contributed by atoms with Gasteiger partial charge in [0.05, 0.1) is 0 Å². The van der Waals surface area contributed by atoms with Crippen molar-refractivity contribution in [3.05, 3.63) is 59.7 Å². The molecule has 0 unspecified atom stereocenters. The number of urea groups is 1. The average Bonchev–Trinajstić information content (AvgIpc) is 2.58. The van der Waals surface area contributed by atoms with Crippen molar-refractivity contribution >= 4 is 29.2 Å². The van der Waals surface area contributed by atoms with Gasteiger partial charge >= 0.3 is 6.03 Å². The Labute approximate surface area is 145 Å². The molecule has 0 bridgehead atoms. The number of nitrogens with one attached hydrogen (secondary N) is 3. The zero-order chi connectivity index (χ0) is 18.4. The number of hydrogen-bond donors (Lipinski definition) is 4. The van der Waals surface area contributed by atoms with Crippen LogP contribution in [0.2, 0.25) is 0 Å². The Balaban J connectivity index is 2.12. The van der Waals surface area contributed by atoms with Crippen LogP contribution in [0.25, 0.3) is 0 Å². The van der Waals surface area contributed by atoms with E-state index in [-0.39, 0.29) is 5.91 Å². The quantitative estimate of drug-likeness (QED) is 0.668. The third-order valence-electron chi connectivity index (χ3n) is 3.63. The van der Waals surface area contributed by atoms with Crippen LogP contribution >= 0.6 is 0 Å². The first-order valence-corrected chi connectivity index (χ1v) is 7.71. The van der Waals surface area contributed by atoms with Gasteiger partial charge in [0.15, 0.2) is 0 Å². The number of hydrogen-bond acceptors (Lipinski definition) is 4. The number of nitrogens with two attached hydrogens (primary N) is 1. The van der Waals surface area contributed by atoms with Crippen molar-refractivity contribution in [3.8, 4) is 0 Å². The second kappa shape index (κ2) is 7.96. The molecule has 2 rings (SSSR count). The van der Waals surface area contributed by atoms with Gasteiger partial charge in [-0.2, -0.15) is 0 Å². The molecule has 0 saturated carbocycles. The predicted molar refractivity (Wildman–Crippen MR) is 96.4 cm³/mol. The van der Waals surface area contributed by atoms with Gasteiger partial charge in [0, 0.05) is 16.9 Å². The van der Waals surface area contributed by atoms with Crippen molar-refractivity contribution in [2.24, 2.45) is 5.73 Å². The van der Waals surface area contributed by atoms with Crippen molar-refractivity contribution in [3.63, 3.8) is 0 Å². The number of benzene rings is 2. The highest BCUT2D eigenvalue weighted by Crippen LogP contribution is 2.24. The van der Waals surface area contributed by atoms with Crippen LogP contribution < -0.4 is 21.7 Å². The highest BCUT2D eigenvalue weighted by Gasteiger charge is 2.16. The third kappa shape index (κ3) is 4.81. The Morgan fingerprint density at radius 2 is 1.60 bits per heavy atom.